The van der Waals surface area contributed by atoms with Crippen molar-refractivity contribution in [3.8, 4) is 0 Å². The van der Waals surface area contributed by atoms with Crippen LogP contribution in [0.4, 0.5) is 0 Å². The third kappa shape index (κ3) is 45.5. The van der Waals surface area contributed by atoms with Crippen molar-refractivity contribution in [1.82, 2.24) is 0 Å². The Labute approximate surface area is 361 Å². The number of ether oxygens (including phenoxy) is 3. The average Bonchev–Trinajstić information content (AvgIpc) is 3.22. The number of unbranched alkanes of at least 4 members (excludes halogenated alkanes) is 37. The van der Waals surface area contributed by atoms with E-state index in [9.17, 15) is 14.4 Å². The number of carbonyl (C=O) groups excluding carboxylic acids is 3. The van der Waals surface area contributed by atoms with Crippen LogP contribution in [0.2, 0.25) is 0 Å². The van der Waals surface area contributed by atoms with Gasteiger partial charge < -0.3 is 14.2 Å². The van der Waals surface area contributed by atoms with Crippen molar-refractivity contribution >= 4 is 17.9 Å². The van der Waals surface area contributed by atoms with Crippen LogP contribution >= 0.6 is 0 Å². The predicted molar refractivity (Wildman–Crippen MR) is 247 cm³/mol. The number of hydrogen-bond acceptors (Lipinski definition) is 6. The van der Waals surface area contributed by atoms with E-state index < -0.39 is 6.10 Å². The van der Waals surface area contributed by atoms with Crippen molar-refractivity contribution in [1.29, 1.82) is 0 Å². The van der Waals surface area contributed by atoms with Gasteiger partial charge in [-0.3, -0.25) is 14.4 Å². The first-order valence-electron chi connectivity index (χ1n) is 26.0. The number of carbonyl (C=O) groups is 3. The zero-order valence-electron chi connectivity index (χ0n) is 39.3. The van der Waals surface area contributed by atoms with Gasteiger partial charge in [-0.1, -0.05) is 258 Å². The monoisotopic (exact) mass is 821 g/mol. The van der Waals surface area contributed by atoms with E-state index in [1.54, 1.807) is 0 Å². The molecule has 0 aliphatic carbocycles. The maximum atomic E-state index is 12.8. The predicted octanol–water partition coefficient (Wildman–Crippen LogP) is 16.8. The van der Waals surface area contributed by atoms with Gasteiger partial charge in [-0.25, -0.2) is 0 Å². The maximum Gasteiger partial charge on any atom is 0.306 e. The summed E-state index contributed by atoms with van der Waals surface area (Å²) in [5.74, 6) is -0.844. The van der Waals surface area contributed by atoms with Gasteiger partial charge >= 0.3 is 17.9 Å². The van der Waals surface area contributed by atoms with Gasteiger partial charge in [-0.05, 0) is 19.3 Å². The Kier molecular flexibility index (Phi) is 46.8. The molecule has 0 saturated carbocycles. The highest BCUT2D eigenvalue weighted by Gasteiger charge is 2.19. The van der Waals surface area contributed by atoms with Crippen molar-refractivity contribution in [3.05, 3.63) is 0 Å². The summed E-state index contributed by atoms with van der Waals surface area (Å²) in [5.41, 5.74) is 0. The first-order valence-corrected chi connectivity index (χ1v) is 26.0. The molecule has 0 aromatic rings. The minimum Gasteiger partial charge on any atom is -0.462 e. The first-order chi connectivity index (χ1) is 28.5. The van der Waals surface area contributed by atoms with Crippen molar-refractivity contribution in [2.75, 3.05) is 13.2 Å². The van der Waals surface area contributed by atoms with E-state index in [1.807, 2.05) is 0 Å². The highest BCUT2D eigenvalue weighted by atomic mass is 16.6. The van der Waals surface area contributed by atoms with E-state index in [1.165, 1.54) is 199 Å². The molecular weight excluding hydrogens is 721 g/mol. The molecule has 0 aliphatic rings. The third-order valence-electron chi connectivity index (χ3n) is 11.9. The van der Waals surface area contributed by atoms with Gasteiger partial charge in [-0.2, -0.15) is 0 Å². The van der Waals surface area contributed by atoms with Gasteiger partial charge in [0.1, 0.15) is 13.2 Å². The van der Waals surface area contributed by atoms with Gasteiger partial charge in [0.05, 0.1) is 0 Å². The lowest BCUT2D eigenvalue weighted by atomic mass is 10.0. The molecule has 0 unspecified atom stereocenters. The second-order valence-corrected chi connectivity index (χ2v) is 17.8. The summed E-state index contributed by atoms with van der Waals surface area (Å²) in [6, 6.07) is 0. The fraction of sp³-hybridized carbons (Fsp3) is 0.942. The summed E-state index contributed by atoms with van der Waals surface area (Å²) in [7, 11) is 0. The molecule has 0 aliphatic heterocycles. The molecule has 0 amide bonds. The van der Waals surface area contributed by atoms with Crippen LogP contribution in [0.5, 0.6) is 0 Å². The van der Waals surface area contributed by atoms with Crippen LogP contribution in [-0.2, 0) is 28.6 Å². The Hall–Kier alpha value is -1.59. The second kappa shape index (κ2) is 48.1. The Morgan fingerprint density at radius 2 is 0.466 bits per heavy atom. The molecule has 0 N–H and O–H groups in total. The molecule has 344 valence electrons. The SMILES string of the molecule is CCCCCCCCCCCCCCCCCCCCC(=O)O[C@@H](COC(=O)CCCCCCCCCCC)COC(=O)CCCCCCCCCCCCCCC. The Morgan fingerprint density at radius 1 is 0.276 bits per heavy atom. The number of rotatable bonds is 48. The van der Waals surface area contributed by atoms with Crippen molar-refractivity contribution < 1.29 is 28.6 Å². The zero-order chi connectivity index (χ0) is 42.3. The van der Waals surface area contributed by atoms with Crippen LogP contribution in [0.15, 0.2) is 0 Å². The summed E-state index contributed by atoms with van der Waals surface area (Å²) in [5, 5.41) is 0. The Balaban J connectivity index is 4.24. The zero-order valence-corrected chi connectivity index (χ0v) is 39.3. The largest absolute Gasteiger partial charge is 0.462 e. The summed E-state index contributed by atoms with van der Waals surface area (Å²) >= 11 is 0. The third-order valence-corrected chi connectivity index (χ3v) is 11.9. The van der Waals surface area contributed by atoms with Gasteiger partial charge in [0.2, 0.25) is 0 Å². The van der Waals surface area contributed by atoms with Crippen LogP contribution in [-0.4, -0.2) is 37.2 Å². The quantitative estimate of drug-likeness (QED) is 0.0346. The van der Waals surface area contributed by atoms with E-state index in [0.717, 1.165) is 57.8 Å². The molecule has 6 nitrogen and oxygen atoms in total. The fourth-order valence-corrected chi connectivity index (χ4v) is 7.92. The van der Waals surface area contributed by atoms with E-state index in [0.29, 0.717) is 19.3 Å². The Morgan fingerprint density at radius 3 is 0.690 bits per heavy atom. The highest BCUT2D eigenvalue weighted by Crippen LogP contribution is 2.17. The molecule has 0 saturated heterocycles. The molecule has 0 bridgehead atoms. The van der Waals surface area contributed by atoms with Crippen molar-refractivity contribution in [2.24, 2.45) is 0 Å². The molecule has 0 heterocycles. The normalized spacial score (nSPS) is 11.8. The van der Waals surface area contributed by atoms with Crippen LogP contribution in [0, 0.1) is 0 Å². The van der Waals surface area contributed by atoms with Crippen LogP contribution < -0.4 is 0 Å². The molecular formula is C52H100O6. The molecule has 0 aromatic heterocycles. The molecule has 0 spiro atoms. The molecule has 0 rings (SSSR count). The van der Waals surface area contributed by atoms with Gasteiger partial charge in [-0.15, -0.1) is 0 Å². The molecule has 0 fully saturated rings. The minimum atomic E-state index is -0.759. The number of hydrogen-bond donors (Lipinski definition) is 0. The topological polar surface area (TPSA) is 78.9 Å². The minimum absolute atomic E-state index is 0.0620. The maximum absolute atomic E-state index is 12.8. The molecule has 0 aromatic carbocycles. The summed E-state index contributed by atoms with van der Waals surface area (Å²) in [6.07, 6.45) is 50.9. The standard InChI is InChI=1S/C52H100O6/c1-4-7-10-13-16-19-21-23-24-25-26-27-29-31-34-37-40-43-46-52(55)58-49(47-56-50(53)44-41-38-35-32-18-15-12-9-6-3)48-57-51(54)45-42-39-36-33-30-28-22-20-17-14-11-8-5-2/h49H,4-48H2,1-3H3/t49-/m0/s1. The molecule has 6 heteroatoms. The van der Waals surface area contributed by atoms with E-state index in [2.05, 4.69) is 20.8 Å². The molecule has 0 radical (unpaired) electrons. The fourth-order valence-electron chi connectivity index (χ4n) is 7.92. The van der Waals surface area contributed by atoms with Gasteiger partial charge in [0, 0.05) is 19.3 Å². The van der Waals surface area contributed by atoms with Gasteiger partial charge in [0.15, 0.2) is 6.10 Å². The van der Waals surface area contributed by atoms with E-state index in [-0.39, 0.29) is 31.1 Å². The Bertz CT molecular complexity index is 859. The molecule has 58 heavy (non-hydrogen) atoms. The number of esters is 3. The molecule has 1 atom stereocenters. The van der Waals surface area contributed by atoms with Crippen LogP contribution in [0.1, 0.15) is 297 Å². The van der Waals surface area contributed by atoms with E-state index >= 15 is 0 Å². The smallest absolute Gasteiger partial charge is 0.306 e. The average molecular weight is 821 g/mol. The lowest BCUT2D eigenvalue weighted by Crippen LogP contribution is -2.30. The van der Waals surface area contributed by atoms with Crippen LogP contribution in [0.3, 0.4) is 0 Å². The lowest BCUT2D eigenvalue weighted by Gasteiger charge is -2.18. The second-order valence-electron chi connectivity index (χ2n) is 17.8. The van der Waals surface area contributed by atoms with Crippen molar-refractivity contribution in [3.63, 3.8) is 0 Å². The highest BCUT2D eigenvalue weighted by molar-refractivity contribution is 5.71. The summed E-state index contributed by atoms with van der Waals surface area (Å²) in [4.78, 5) is 37.8. The van der Waals surface area contributed by atoms with E-state index in [4.69, 9.17) is 14.2 Å². The summed E-state index contributed by atoms with van der Waals surface area (Å²) < 4.78 is 16.8. The van der Waals surface area contributed by atoms with Gasteiger partial charge in [0.25, 0.3) is 0 Å². The lowest BCUT2D eigenvalue weighted by molar-refractivity contribution is -0.167. The summed E-state index contributed by atoms with van der Waals surface area (Å²) in [6.45, 7) is 6.66. The van der Waals surface area contributed by atoms with Crippen LogP contribution in [0.25, 0.3) is 0 Å². The van der Waals surface area contributed by atoms with Crippen molar-refractivity contribution in [2.45, 2.75) is 303 Å². The first kappa shape index (κ1) is 56.4.